The van der Waals surface area contributed by atoms with E-state index in [0.29, 0.717) is 30.9 Å². The van der Waals surface area contributed by atoms with E-state index in [9.17, 15) is 0 Å². The third-order valence-corrected chi connectivity index (χ3v) is 4.98. The molecule has 142 valence electrons. The van der Waals surface area contributed by atoms with Crippen molar-refractivity contribution in [3.8, 4) is 11.8 Å². The Balaban J connectivity index is 1.57. The third-order valence-electron chi connectivity index (χ3n) is 4.98. The number of pyridine rings is 1. The van der Waals surface area contributed by atoms with Crippen LogP contribution in [-0.2, 0) is 11.2 Å². The van der Waals surface area contributed by atoms with Crippen molar-refractivity contribution in [3.05, 3.63) is 60.3 Å². The fourth-order valence-corrected chi connectivity index (χ4v) is 3.57. The molecule has 0 radical (unpaired) electrons. The molecular formula is C21H21N5O2. The fourth-order valence-electron chi connectivity index (χ4n) is 3.57. The summed E-state index contributed by atoms with van der Waals surface area (Å²) in [7, 11) is 0. The fraction of sp³-hybridized carbons (Fsp3) is 0.286. The number of hydrogen-bond donors (Lipinski definition) is 0. The Kier molecular flexibility index (Phi) is 4.50. The van der Waals surface area contributed by atoms with Gasteiger partial charge in [0.25, 0.3) is 0 Å². The number of benzene rings is 1. The first-order valence-corrected chi connectivity index (χ1v) is 9.53. The highest BCUT2D eigenvalue weighted by molar-refractivity contribution is 5.69. The molecule has 2 aliphatic heterocycles. The molecule has 0 atom stereocenters. The quantitative estimate of drug-likeness (QED) is 0.694. The lowest BCUT2D eigenvalue weighted by molar-refractivity contribution is 0.122. The van der Waals surface area contributed by atoms with Gasteiger partial charge in [0.15, 0.2) is 0 Å². The molecule has 1 saturated heterocycles. The first kappa shape index (κ1) is 16.9. The molecule has 2 aliphatic rings. The van der Waals surface area contributed by atoms with Gasteiger partial charge in [0.2, 0.25) is 17.7 Å². The van der Waals surface area contributed by atoms with Crippen LogP contribution in [0, 0.1) is 0 Å². The third kappa shape index (κ3) is 3.25. The van der Waals surface area contributed by atoms with Crippen molar-refractivity contribution in [2.75, 3.05) is 42.6 Å². The van der Waals surface area contributed by atoms with Crippen molar-refractivity contribution in [3.63, 3.8) is 0 Å². The summed E-state index contributed by atoms with van der Waals surface area (Å²) in [4.78, 5) is 18.4. The highest BCUT2D eigenvalue weighted by atomic mass is 16.5. The molecule has 0 spiro atoms. The number of fused-ring (bicyclic) bond motifs is 1. The highest BCUT2D eigenvalue weighted by Crippen LogP contribution is 2.39. The van der Waals surface area contributed by atoms with Crippen LogP contribution in [0.5, 0.6) is 11.8 Å². The summed E-state index contributed by atoms with van der Waals surface area (Å²) >= 11 is 0. The molecule has 1 aromatic carbocycles. The zero-order valence-electron chi connectivity index (χ0n) is 15.5. The second-order valence-electron chi connectivity index (χ2n) is 6.74. The number of morpholine rings is 1. The average molecular weight is 375 g/mol. The van der Waals surface area contributed by atoms with Crippen LogP contribution in [0.3, 0.4) is 0 Å². The van der Waals surface area contributed by atoms with Gasteiger partial charge in [0, 0.05) is 37.6 Å². The monoisotopic (exact) mass is 375 g/mol. The Hall–Kier alpha value is -3.19. The number of anilines is 3. The van der Waals surface area contributed by atoms with Crippen LogP contribution in [0.1, 0.15) is 5.56 Å². The van der Waals surface area contributed by atoms with Crippen LogP contribution >= 0.6 is 0 Å². The zero-order valence-corrected chi connectivity index (χ0v) is 15.5. The van der Waals surface area contributed by atoms with Gasteiger partial charge in [-0.25, -0.2) is 4.98 Å². The van der Waals surface area contributed by atoms with Crippen LogP contribution in [0.2, 0.25) is 0 Å². The summed E-state index contributed by atoms with van der Waals surface area (Å²) < 4.78 is 11.6. The highest BCUT2D eigenvalue weighted by Gasteiger charge is 2.29. The SMILES string of the molecule is c1ccc(N2CCc3c(Oc4ccccn4)nc(N4CCOCC4)nc32)cc1. The van der Waals surface area contributed by atoms with E-state index in [1.165, 1.54) is 0 Å². The molecule has 28 heavy (non-hydrogen) atoms. The van der Waals surface area contributed by atoms with Gasteiger partial charge in [-0.1, -0.05) is 24.3 Å². The van der Waals surface area contributed by atoms with E-state index in [0.717, 1.165) is 43.1 Å². The van der Waals surface area contributed by atoms with Gasteiger partial charge in [-0.05, 0) is 24.6 Å². The lowest BCUT2D eigenvalue weighted by Crippen LogP contribution is -2.37. The van der Waals surface area contributed by atoms with Crippen LogP contribution in [0.4, 0.5) is 17.5 Å². The second-order valence-corrected chi connectivity index (χ2v) is 6.74. The first-order valence-electron chi connectivity index (χ1n) is 9.53. The Labute approximate surface area is 163 Å². The van der Waals surface area contributed by atoms with Gasteiger partial charge in [0.05, 0.1) is 18.8 Å². The Morgan fingerprint density at radius 1 is 0.893 bits per heavy atom. The van der Waals surface area contributed by atoms with Crippen molar-refractivity contribution < 1.29 is 9.47 Å². The lowest BCUT2D eigenvalue weighted by Gasteiger charge is -2.28. The standard InChI is InChI=1S/C21H21N5O2/c1-2-6-16(7-3-1)26-11-9-17-19(26)23-21(25-12-14-27-15-13-25)24-20(17)28-18-8-4-5-10-22-18/h1-8,10H,9,11-15H2. The molecule has 0 bridgehead atoms. The van der Waals surface area contributed by atoms with E-state index < -0.39 is 0 Å². The summed E-state index contributed by atoms with van der Waals surface area (Å²) in [6.07, 6.45) is 2.55. The zero-order chi connectivity index (χ0) is 18.8. The number of hydrogen-bond acceptors (Lipinski definition) is 7. The van der Waals surface area contributed by atoms with Crippen molar-refractivity contribution in [1.82, 2.24) is 15.0 Å². The molecule has 4 heterocycles. The Bertz CT molecular complexity index is 946. The van der Waals surface area contributed by atoms with Gasteiger partial charge in [-0.15, -0.1) is 0 Å². The number of nitrogens with zero attached hydrogens (tertiary/aromatic N) is 5. The summed E-state index contributed by atoms with van der Waals surface area (Å²) in [5.74, 6) is 2.71. The number of aromatic nitrogens is 3. The van der Waals surface area contributed by atoms with Gasteiger partial charge in [-0.3, -0.25) is 0 Å². The molecule has 0 saturated carbocycles. The average Bonchev–Trinajstić information content (AvgIpc) is 3.20. The molecule has 7 heteroatoms. The molecule has 1 fully saturated rings. The number of para-hydroxylation sites is 1. The van der Waals surface area contributed by atoms with Crippen molar-refractivity contribution in [1.29, 1.82) is 0 Å². The van der Waals surface area contributed by atoms with Gasteiger partial charge in [0.1, 0.15) is 5.82 Å². The van der Waals surface area contributed by atoms with E-state index in [2.05, 4.69) is 26.9 Å². The molecule has 0 aliphatic carbocycles. The van der Waals surface area contributed by atoms with Gasteiger partial charge >= 0.3 is 0 Å². The predicted molar refractivity (Wildman–Crippen MR) is 107 cm³/mol. The topological polar surface area (TPSA) is 63.6 Å². The molecular weight excluding hydrogens is 354 g/mol. The summed E-state index contributed by atoms with van der Waals surface area (Å²) in [5.41, 5.74) is 2.14. The van der Waals surface area contributed by atoms with Crippen LogP contribution in [0.15, 0.2) is 54.7 Å². The summed E-state index contributed by atoms with van der Waals surface area (Å²) in [6, 6.07) is 15.9. The molecule has 2 aromatic heterocycles. The van der Waals surface area contributed by atoms with Crippen molar-refractivity contribution in [2.24, 2.45) is 0 Å². The number of rotatable bonds is 4. The van der Waals surface area contributed by atoms with Crippen molar-refractivity contribution in [2.45, 2.75) is 6.42 Å². The van der Waals surface area contributed by atoms with Gasteiger partial charge in [-0.2, -0.15) is 9.97 Å². The van der Waals surface area contributed by atoms with Crippen LogP contribution in [-0.4, -0.2) is 47.8 Å². The summed E-state index contributed by atoms with van der Waals surface area (Å²) in [6.45, 7) is 3.75. The molecule has 0 N–H and O–H groups in total. The molecule has 7 nitrogen and oxygen atoms in total. The lowest BCUT2D eigenvalue weighted by atomic mass is 10.2. The van der Waals surface area contributed by atoms with Crippen LogP contribution in [0.25, 0.3) is 0 Å². The molecule has 3 aromatic rings. The number of ether oxygens (including phenoxy) is 2. The molecule has 0 amide bonds. The van der Waals surface area contributed by atoms with E-state index in [1.54, 1.807) is 6.20 Å². The van der Waals surface area contributed by atoms with E-state index in [1.807, 2.05) is 36.4 Å². The van der Waals surface area contributed by atoms with Gasteiger partial charge < -0.3 is 19.3 Å². The predicted octanol–water partition coefficient (Wildman–Crippen LogP) is 3.19. The minimum absolute atomic E-state index is 0.537. The van der Waals surface area contributed by atoms with E-state index in [4.69, 9.17) is 19.4 Å². The minimum Gasteiger partial charge on any atom is -0.420 e. The summed E-state index contributed by atoms with van der Waals surface area (Å²) in [5, 5.41) is 0. The van der Waals surface area contributed by atoms with E-state index in [-0.39, 0.29) is 0 Å². The normalized spacial score (nSPS) is 16.1. The minimum atomic E-state index is 0.537. The second kappa shape index (κ2) is 7.44. The Morgan fingerprint density at radius 3 is 2.50 bits per heavy atom. The maximum absolute atomic E-state index is 6.09. The van der Waals surface area contributed by atoms with Crippen LogP contribution < -0.4 is 14.5 Å². The molecule has 5 rings (SSSR count). The smallest absolute Gasteiger partial charge is 0.231 e. The van der Waals surface area contributed by atoms with Crippen molar-refractivity contribution >= 4 is 17.5 Å². The first-order chi connectivity index (χ1) is 13.9. The maximum Gasteiger partial charge on any atom is 0.231 e. The maximum atomic E-state index is 6.09. The van der Waals surface area contributed by atoms with E-state index >= 15 is 0 Å². The molecule has 0 unspecified atom stereocenters. The largest absolute Gasteiger partial charge is 0.420 e. The Morgan fingerprint density at radius 2 is 1.71 bits per heavy atom.